The number of hydrogen-bond donors (Lipinski definition) is 1. The molecule has 2 aromatic heterocycles. The third-order valence-electron chi connectivity index (χ3n) is 5.55. The Kier molecular flexibility index (Phi) is 6.07. The first-order valence-corrected chi connectivity index (χ1v) is 12.3. The highest BCUT2D eigenvalue weighted by atomic mass is 32.2. The van der Waals surface area contributed by atoms with Crippen molar-refractivity contribution in [2.24, 2.45) is 0 Å². The summed E-state index contributed by atoms with van der Waals surface area (Å²) >= 11 is 2.87. The number of aromatic nitrogens is 2. The van der Waals surface area contributed by atoms with Crippen molar-refractivity contribution in [1.29, 1.82) is 0 Å². The van der Waals surface area contributed by atoms with Crippen LogP contribution in [0.15, 0.2) is 28.2 Å². The van der Waals surface area contributed by atoms with Gasteiger partial charge in [-0.1, -0.05) is 11.8 Å². The number of fused-ring (bicyclic) bond motifs is 4. The molecule has 0 radical (unpaired) electrons. The van der Waals surface area contributed by atoms with E-state index in [0.29, 0.717) is 35.5 Å². The summed E-state index contributed by atoms with van der Waals surface area (Å²) in [7, 11) is 1.61. The molecule has 1 aromatic carbocycles. The highest BCUT2D eigenvalue weighted by Gasteiger charge is 2.22. The van der Waals surface area contributed by atoms with Crippen LogP contribution < -0.4 is 20.3 Å². The van der Waals surface area contributed by atoms with Gasteiger partial charge in [0.15, 0.2) is 16.7 Å². The molecular formula is C22H23N3O5S2. The lowest BCUT2D eigenvalue weighted by Crippen LogP contribution is -2.26. The number of thiophene rings is 1. The number of amides is 1. The van der Waals surface area contributed by atoms with E-state index in [1.807, 2.05) is 0 Å². The van der Waals surface area contributed by atoms with Crippen molar-refractivity contribution in [3.8, 4) is 11.5 Å². The van der Waals surface area contributed by atoms with Crippen LogP contribution in [0.5, 0.6) is 11.5 Å². The number of carbonyl (C=O) groups is 1. The fraction of sp³-hybridized carbons (Fsp3) is 0.409. The number of nitrogens with one attached hydrogen (secondary N) is 1. The van der Waals surface area contributed by atoms with Crippen molar-refractivity contribution < 1.29 is 19.0 Å². The number of aryl methyl sites for hydroxylation is 2. The monoisotopic (exact) mass is 473 g/mol. The van der Waals surface area contributed by atoms with E-state index in [9.17, 15) is 9.59 Å². The van der Waals surface area contributed by atoms with Crippen LogP contribution in [-0.2, 0) is 28.9 Å². The third-order valence-corrected chi connectivity index (χ3v) is 7.71. The molecule has 10 heteroatoms. The molecule has 1 N–H and O–H groups in total. The molecule has 0 spiro atoms. The Balaban J connectivity index is 1.37. The molecule has 8 nitrogen and oxygen atoms in total. The van der Waals surface area contributed by atoms with Crippen molar-refractivity contribution in [2.75, 3.05) is 31.6 Å². The van der Waals surface area contributed by atoms with Crippen molar-refractivity contribution in [2.45, 2.75) is 37.4 Å². The van der Waals surface area contributed by atoms with Gasteiger partial charge in [0.05, 0.1) is 24.3 Å². The van der Waals surface area contributed by atoms with Crippen molar-refractivity contribution >= 4 is 44.9 Å². The zero-order chi connectivity index (χ0) is 22.1. The first kappa shape index (κ1) is 21.3. The molecule has 3 aromatic rings. The molecular weight excluding hydrogens is 450 g/mol. The third kappa shape index (κ3) is 4.10. The maximum atomic E-state index is 13.4. The van der Waals surface area contributed by atoms with Crippen LogP contribution in [0.4, 0.5) is 5.69 Å². The van der Waals surface area contributed by atoms with E-state index < -0.39 is 0 Å². The van der Waals surface area contributed by atoms with Gasteiger partial charge in [0.1, 0.15) is 4.83 Å². The second-order valence-electron chi connectivity index (χ2n) is 7.64. The van der Waals surface area contributed by atoms with E-state index >= 15 is 0 Å². The lowest BCUT2D eigenvalue weighted by molar-refractivity contribution is -0.113. The summed E-state index contributed by atoms with van der Waals surface area (Å²) in [5.74, 6) is 1.21. The minimum atomic E-state index is -0.188. The zero-order valence-electron chi connectivity index (χ0n) is 17.6. The summed E-state index contributed by atoms with van der Waals surface area (Å²) in [6.07, 6.45) is 4.20. The normalized spacial score (nSPS) is 14.5. The van der Waals surface area contributed by atoms with Gasteiger partial charge in [-0.2, -0.15) is 0 Å². The van der Waals surface area contributed by atoms with Crippen LogP contribution in [0.1, 0.15) is 23.3 Å². The number of thioether (sulfide) groups is 1. The Morgan fingerprint density at radius 1 is 1.28 bits per heavy atom. The zero-order valence-corrected chi connectivity index (χ0v) is 19.3. The number of benzene rings is 1. The van der Waals surface area contributed by atoms with Gasteiger partial charge in [0, 0.05) is 23.7 Å². The maximum absolute atomic E-state index is 13.4. The Morgan fingerprint density at radius 2 is 2.12 bits per heavy atom. The molecule has 3 heterocycles. The lowest BCUT2D eigenvalue weighted by Gasteiger charge is -2.13. The fourth-order valence-electron chi connectivity index (χ4n) is 4.01. The number of carbonyl (C=O) groups excluding carboxylic acids is 1. The molecule has 2 aliphatic rings. The first-order valence-electron chi connectivity index (χ1n) is 10.5. The van der Waals surface area contributed by atoms with E-state index in [1.54, 1.807) is 41.2 Å². The van der Waals surface area contributed by atoms with E-state index in [0.717, 1.165) is 41.5 Å². The van der Waals surface area contributed by atoms with Crippen LogP contribution in [-0.4, -0.2) is 41.7 Å². The number of nitrogens with zero attached hydrogens (tertiary/aromatic N) is 2. The fourth-order valence-corrected chi connectivity index (χ4v) is 6.14. The smallest absolute Gasteiger partial charge is 0.263 e. The van der Waals surface area contributed by atoms with E-state index in [-0.39, 0.29) is 24.0 Å². The van der Waals surface area contributed by atoms with Crippen molar-refractivity contribution in [3.05, 3.63) is 39.0 Å². The van der Waals surface area contributed by atoms with Crippen LogP contribution >= 0.6 is 23.1 Å². The summed E-state index contributed by atoms with van der Waals surface area (Å²) in [4.78, 5) is 32.8. The standard InChI is InChI=1S/C22H23N3O5S2/c1-28-9-8-25-21(27)19-14-4-2-3-5-17(14)32-20(19)24-22(25)31-11-18(26)23-13-6-7-15-16(10-13)30-12-29-15/h6-7,10H,2-5,8-9,11-12H2,1H3,(H,23,26). The number of anilines is 1. The molecule has 1 aliphatic heterocycles. The van der Waals surface area contributed by atoms with E-state index in [4.69, 9.17) is 19.2 Å². The van der Waals surface area contributed by atoms with Gasteiger partial charge in [-0.15, -0.1) is 11.3 Å². The Morgan fingerprint density at radius 3 is 3.00 bits per heavy atom. The average Bonchev–Trinajstić information content (AvgIpc) is 3.41. The maximum Gasteiger partial charge on any atom is 0.263 e. The van der Waals surface area contributed by atoms with Gasteiger partial charge in [0.2, 0.25) is 12.7 Å². The SMILES string of the molecule is COCCn1c(SCC(=O)Nc2ccc3c(c2)OCO3)nc2sc3c(c2c1=O)CCCC3. The van der Waals surface area contributed by atoms with Gasteiger partial charge >= 0.3 is 0 Å². The summed E-state index contributed by atoms with van der Waals surface area (Å²) in [6.45, 7) is 0.979. The molecule has 0 saturated carbocycles. The van der Waals surface area contributed by atoms with Gasteiger partial charge in [-0.3, -0.25) is 14.2 Å². The summed E-state index contributed by atoms with van der Waals surface area (Å²) in [6, 6.07) is 5.27. The second kappa shape index (κ2) is 9.13. The number of rotatable bonds is 7. The molecule has 5 rings (SSSR count). The molecule has 0 atom stereocenters. The van der Waals surface area contributed by atoms with Crippen molar-refractivity contribution in [3.63, 3.8) is 0 Å². The Labute approximate surface area is 192 Å². The minimum absolute atomic E-state index is 0.0369. The molecule has 1 aliphatic carbocycles. The van der Waals surface area contributed by atoms with Crippen LogP contribution in [0.25, 0.3) is 10.2 Å². The van der Waals surface area contributed by atoms with Crippen LogP contribution in [0.3, 0.4) is 0 Å². The second-order valence-corrected chi connectivity index (χ2v) is 9.67. The average molecular weight is 474 g/mol. The summed E-state index contributed by atoms with van der Waals surface area (Å²) in [5, 5.41) is 4.15. The molecule has 0 bridgehead atoms. The molecule has 0 unspecified atom stereocenters. The summed E-state index contributed by atoms with van der Waals surface area (Å²) < 4.78 is 17.5. The number of ether oxygens (including phenoxy) is 3. The lowest BCUT2D eigenvalue weighted by atomic mass is 9.97. The molecule has 168 valence electrons. The van der Waals surface area contributed by atoms with Crippen molar-refractivity contribution in [1.82, 2.24) is 9.55 Å². The molecule has 0 fully saturated rings. The number of methoxy groups -OCH3 is 1. The molecule has 32 heavy (non-hydrogen) atoms. The van der Waals surface area contributed by atoms with E-state index in [2.05, 4.69) is 5.32 Å². The minimum Gasteiger partial charge on any atom is -0.454 e. The predicted octanol–water partition coefficient (Wildman–Crippen LogP) is 3.44. The van der Waals surface area contributed by atoms with Gasteiger partial charge in [-0.05, 0) is 43.4 Å². The highest BCUT2D eigenvalue weighted by Crippen LogP contribution is 2.35. The first-order chi connectivity index (χ1) is 15.6. The van der Waals surface area contributed by atoms with Crippen LogP contribution in [0, 0.1) is 0 Å². The quantitative estimate of drug-likeness (QED) is 0.415. The topological polar surface area (TPSA) is 91.7 Å². The molecule has 1 amide bonds. The predicted molar refractivity (Wildman–Crippen MR) is 124 cm³/mol. The van der Waals surface area contributed by atoms with Gasteiger partial charge in [0.25, 0.3) is 5.56 Å². The van der Waals surface area contributed by atoms with E-state index in [1.165, 1.54) is 16.6 Å². The highest BCUT2D eigenvalue weighted by molar-refractivity contribution is 7.99. The Bertz CT molecular complexity index is 1240. The molecule has 0 saturated heterocycles. The van der Waals surface area contributed by atoms with Gasteiger partial charge < -0.3 is 19.5 Å². The summed E-state index contributed by atoms with van der Waals surface area (Å²) in [5.41, 5.74) is 1.76. The Hall–Kier alpha value is -2.56. The largest absolute Gasteiger partial charge is 0.454 e. The van der Waals surface area contributed by atoms with Gasteiger partial charge in [-0.25, -0.2) is 4.98 Å². The number of hydrogen-bond acceptors (Lipinski definition) is 8. The van der Waals surface area contributed by atoms with Crippen LogP contribution in [0.2, 0.25) is 0 Å².